The Labute approximate surface area is 119 Å². The van der Waals surface area contributed by atoms with Gasteiger partial charge in [-0.2, -0.15) is 0 Å². The molecule has 1 fully saturated rings. The third kappa shape index (κ3) is 2.51. The van der Waals surface area contributed by atoms with Gasteiger partial charge in [0, 0.05) is 5.41 Å². The van der Waals surface area contributed by atoms with Crippen molar-refractivity contribution in [2.24, 2.45) is 23.2 Å². The average molecular weight is 264 g/mol. The molecule has 1 heterocycles. The molecule has 1 saturated heterocycles. The summed E-state index contributed by atoms with van der Waals surface area (Å²) in [7, 11) is 0. The van der Waals surface area contributed by atoms with Crippen molar-refractivity contribution < 1.29 is 4.74 Å². The third-order valence-electron chi connectivity index (χ3n) is 6.06. The van der Waals surface area contributed by atoms with E-state index in [1.54, 1.807) is 5.57 Å². The van der Waals surface area contributed by atoms with Gasteiger partial charge < -0.3 is 4.74 Å². The highest BCUT2D eigenvalue weighted by Gasteiger charge is 2.51. The van der Waals surface area contributed by atoms with Gasteiger partial charge in [0.05, 0.1) is 12.7 Å². The fourth-order valence-electron chi connectivity index (χ4n) is 4.70. The van der Waals surface area contributed by atoms with Crippen molar-refractivity contribution in [3.63, 3.8) is 0 Å². The lowest BCUT2D eigenvalue weighted by molar-refractivity contribution is -0.142. The summed E-state index contributed by atoms with van der Waals surface area (Å²) in [5.41, 5.74) is 1.91. The maximum Gasteiger partial charge on any atom is 0.0612 e. The lowest BCUT2D eigenvalue weighted by Gasteiger charge is -2.55. The largest absolute Gasteiger partial charge is 0.377 e. The van der Waals surface area contributed by atoms with Gasteiger partial charge in [-0.1, -0.05) is 58.6 Å². The Kier molecular flexibility index (Phi) is 4.76. The first-order valence-electron chi connectivity index (χ1n) is 8.37. The maximum absolute atomic E-state index is 6.36. The van der Waals surface area contributed by atoms with Crippen LogP contribution in [-0.2, 0) is 4.74 Å². The molecular weight excluding hydrogens is 232 g/mol. The molecule has 2 bridgehead atoms. The minimum atomic E-state index is 0.332. The summed E-state index contributed by atoms with van der Waals surface area (Å²) in [6.07, 6.45) is 9.52. The molecule has 0 radical (unpaired) electrons. The van der Waals surface area contributed by atoms with Crippen molar-refractivity contribution in [1.29, 1.82) is 0 Å². The summed E-state index contributed by atoms with van der Waals surface area (Å²) in [5.74, 6) is 2.19. The summed E-state index contributed by atoms with van der Waals surface area (Å²) >= 11 is 0. The number of fused-ring (bicyclic) bond motifs is 2. The van der Waals surface area contributed by atoms with E-state index < -0.39 is 0 Å². The molecule has 2 rings (SSSR count). The maximum atomic E-state index is 6.36. The van der Waals surface area contributed by atoms with Crippen LogP contribution in [0.15, 0.2) is 11.6 Å². The molecule has 0 unspecified atom stereocenters. The van der Waals surface area contributed by atoms with E-state index in [0.29, 0.717) is 17.4 Å². The van der Waals surface area contributed by atoms with Crippen LogP contribution in [-0.4, -0.2) is 12.7 Å². The summed E-state index contributed by atoms with van der Waals surface area (Å²) in [4.78, 5) is 0. The quantitative estimate of drug-likeness (QED) is 0.489. The van der Waals surface area contributed by atoms with Crippen LogP contribution in [0.1, 0.15) is 66.7 Å². The van der Waals surface area contributed by atoms with E-state index in [0.717, 1.165) is 18.4 Å². The Bertz CT molecular complexity index is 333. The van der Waals surface area contributed by atoms with Gasteiger partial charge >= 0.3 is 0 Å². The monoisotopic (exact) mass is 264 g/mol. The molecule has 0 spiro atoms. The molecule has 0 amide bonds. The molecule has 1 aliphatic heterocycles. The van der Waals surface area contributed by atoms with Crippen molar-refractivity contribution in [2.45, 2.75) is 72.8 Å². The number of ether oxygens (including phenoxy) is 1. The van der Waals surface area contributed by atoms with Crippen LogP contribution in [0, 0.1) is 23.2 Å². The smallest absolute Gasteiger partial charge is 0.0612 e. The molecule has 1 heteroatoms. The van der Waals surface area contributed by atoms with Gasteiger partial charge in [0.1, 0.15) is 0 Å². The highest BCUT2D eigenvalue weighted by Crippen LogP contribution is 2.54. The fraction of sp³-hybridized carbons (Fsp3) is 0.889. The third-order valence-corrected chi connectivity index (χ3v) is 6.06. The number of hydrogen-bond acceptors (Lipinski definition) is 1. The average Bonchev–Trinajstić information content (AvgIpc) is 2.38. The van der Waals surface area contributed by atoms with Crippen LogP contribution in [0.3, 0.4) is 0 Å². The Morgan fingerprint density at radius 1 is 1.26 bits per heavy atom. The van der Waals surface area contributed by atoms with E-state index in [4.69, 9.17) is 4.74 Å². The highest BCUT2D eigenvalue weighted by molar-refractivity contribution is 5.22. The lowest BCUT2D eigenvalue weighted by Crippen LogP contribution is -2.53. The molecule has 0 aromatic carbocycles. The molecule has 110 valence electrons. The molecule has 0 N–H and O–H groups in total. The fourth-order valence-corrected chi connectivity index (χ4v) is 4.70. The zero-order valence-corrected chi connectivity index (χ0v) is 13.5. The van der Waals surface area contributed by atoms with Gasteiger partial charge in [-0.3, -0.25) is 0 Å². The second-order valence-electron chi connectivity index (χ2n) is 6.93. The molecule has 2 aliphatic rings. The first kappa shape index (κ1) is 15.1. The Balaban J connectivity index is 2.16. The number of unbranched alkanes of at least 4 members (excludes halogenated alkanes) is 2. The van der Waals surface area contributed by atoms with Gasteiger partial charge in [-0.05, 0) is 37.5 Å². The number of hydrogen-bond donors (Lipinski definition) is 0. The van der Waals surface area contributed by atoms with E-state index >= 15 is 0 Å². The predicted octanol–water partition coefficient (Wildman–Crippen LogP) is 5.21. The van der Waals surface area contributed by atoms with Gasteiger partial charge in [0.15, 0.2) is 0 Å². The Morgan fingerprint density at radius 2 is 2.00 bits per heavy atom. The molecule has 0 saturated carbocycles. The van der Waals surface area contributed by atoms with E-state index in [-0.39, 0.29) is 0 Å². The van der Waals surface area contributed by atoms with Crippen LogP contribution in [0.5, 0.6) is 0 Å². The van der Waals surface area contributed by atoms with Crippen LogP contribution in [0.4, 0.5) is 0 Å². The zero-order chi connectivity index (χ0) is 14.0. The minimum Gasteiger partial charge on any atom is -0.377 e. The molecule has 1 aliphatic carbocycles. The van der Waals surface area contributed by atoms with Crippen LogP contribution in [0.25, 0.3) is 0 Å². The van der Waals surface area contributed by atoms with Crippen LogP contribution < -0.4 is 0 Å². The van der Waals surface area contributed by atoms with Gasteiger partial charge in [0.2, 0.25) is 0 Å². The summed E-state index contributed by atoms with van der Waals surface area (Å²) < 4.78 is 6.36. The SMILES string of the molecule is CCCCC[C@H]1OC[C@@]2(CC)C(C)=C[C@@H](C)[C@@H]1[C@H]2C. The molecule has 5 atom stereocenters. The Hall–Kier alpha value is -0.300. The first-order valence-corrected chi connectivity index (χ1v) is 8.37. The molecular formula is C18H32O. The van der Waals surface area contributed by atoms with Crippen LogP contribution >= 0.6 is 0 Å². The normalized spacial score (nSPS) is 42.1. The van der Waals surface area contributed by atoms with E-state index in [2.05, 4.69) is 40.7 Å². The Morgan fingerprint density at radius 3 is 2.63 bits per heavy atom. The number of allylic oxidation sites excluding steroid dienone is 1. The standard InChI is InChI=1S/C18H32O/c1-6-8-9-10-16-17-13(3)11-14(4)18(7-2,12-19-16)15(17)5/h11,13,15-17H,6-10,12H2,1-5H3/t13-,15-,16-,17-,18+/m1/s1. The first-order chi connectivity index (χ1) is 9.06. The highest BCUT2D eigenvalue weighted by atomic mass is 16.5. The summed E-state index contributed by atoms with van der Waals surface area (Å²) in [5, 5.41) is 0. The second kappa shape index (κ2) is 5.99. The van der Waals surface area contributed by atoms with Crippen molar-refractivity contribution in [3.8, 4) is 0 Å². The van der Waals surface area contributed by atoms with Gasteiger partial charge in [0.25, 0.3) is 0 Å². The van der Waals surface area contributed by atoms with Crippen molar-refractivity contribution in [3.05, 3.63) is 11.6 Å². The van der Waals surface area contributed by atoms with Crippen molar-refractivity contribution >= 4 is 0 Å². The van der Waals surface area contributed by atoms with E-state index in [1.165, 1.54) is 32.1 Å². The van der Waals surface area contributed by atoms with Gasteiger partial charge in [-0.15, -0.1) is 0 Å². The predicted molar refractivity (Wildman–Crippen MR) is 82.2 cm³/mol. The molecule has 0 aromatic heterocycles. The second-order valence-corrected chi connectivity index (χ2v) is 6.93. The summed E-state index contributed by atoms with van der Waals surface area (Å²) in [6.45, 7) is 12.8. The number of rotatable bonds is 5. The molecule has 0 aromatic rings. The van der Waals surface area contributed by atoms with Crippen molar-refractivity contribution in [2.75, 3.05) is 6.61 Å². The zero-order valence-electron chi connectivity index (χ0n) is 13.5. The van der Waals surface area contributed by atoms with Crippen molar-refractivity contribution in [1.82, 2.24) is 0 Å². The lowest BCUT2D eigenvalue weighted by atomic mass is 9.55. The van der Waals surface area contributed by atoms with E-state index in [1.807, 2.05) is 0 Å². The van der Waals surface area contributed by atoms with Crippen LogP contribution in [0.2, 0.25) is 0 Å². The van der Waals surface area contributed by atoms with E-state index in [9.17, 15) is 0 Å². The molecule has 19 heavy (non-hydrogen) atoms. The summed E-state index contributed by atoms with van der Waals surface area (Å²) in [6, 6.07) is 0. The topological polar surface area (TPSA) is 9.23 Å². The van der Waals surface area contributed by atoms with Gasteiger partial charge in [-0.25, -0.2) is 0 Å². The minimum absolute atomic E-state index is 0.332. The molecule has 1 nitrogen and oxygen atoms in total.